The Morgan fingerprint density at radius 3 is 3.00 bits per heavy atom. The van der Waals surface area contributed by atoms with Crippen LogP contribution >= 0.6 is 0 Å². The van der Waals surface area contributed by atoms with Crippen molar-refractivity contribution in [1.29, 1.82) is 0 Å². The van der Waals surface area contributed by atoms with Crippen molar-refractivity contribution < 1.29 is 14.6 Å². The van der Waals surface area contributed by atoms with Crippen molar-refractivity contribution in [2.24, 2.45) is 5.92 Å². The van der Waals surface area contributed by atoms with E-state index < -0.39 is 5.97 Å². The fraction of sp³-hybridized carbons (Fsp3) is 0.857. The van der Waals surface area contributed by atoms with E-state index in [0.717, 1.165) is 0 Å². The first-order valence-electron chi connectivity index (χ1n) is 3.69. The number of aliphatic carboxylic acids is 1. The zero-order chi connectivity index (χ0) is 8.27. The van der Waals surface area contributed by atoms with Gasteiger partial charge >= 0.3 is 5.97 Å². The highest BCUT2D eigenvalue weighted by Crippen LogP contribution is 2.13. The van der Waals surface area contributed by atoms with Crippen LogP contribution in [0, 0.1) is 5.92 Å². The smallest absolute Gasteiger partial charge is 0.307 e. The third-order valence-corrected chi connectivity index (χ3v) is 1.94. The number of carboxylic acid groups (broad SMARTS) is 1. The van der Waals surface area contributed by atoms with E-state index >= 15 is 0 Å². The van der Waals surface area contributed by atoms with Crippen LogP contribution in [-0.2, 0) is 9.53 Å². The summed E-state index contributed by atoms with van der Waals surface area (Å²) in [6, 6.07) is 0.223. The van der Waals surface area contributed by atoms with Gasteiger partial charge in [0.25, 0.3) is 0 Å². The number of hydrogen-bond acceptors (Lipinski definition) is 3. The van der Waals surface area contributed by atoms with Gasteiger partial charge in [0.2, 0.25) is 0 Å². The summed E-state index contributed by atoms with van der Waals surface area (Å²) in [7, 11) is 1.62. The number of carbonyl (C=O) groups is 1. The standard InChI is InChI=1S/C7H13NO3/c1-11-4-6-2-5(3-8-6)7(9)10/h5-6,8H,2-4H2,1H3,(H,9,10)/t5-,6+/m1/s1. The Morgan fingerprint density at radius 1 is 1.82 bits per heavy atom. The molecular formula is C7H13NO3. The van der Waals surface area contributed by atoms with Gasteiger partial charge in [0.15, 0.2) is 0 Å². The third-order valence-electron chi connectivity index (χ3n) is 1.94. The van der Waals surface area contributed by atoms with Crippen LogP contribution in [-0.4, -0.2) is 37.4 Å². The lowest BCUT2D eigenvalue weighted by atomic mass is 10.1. The maximum Gasteiger partial charge on any atom is 0.307 e. The topological polar surface area (TPSA) is 58.6 Å². The Morgan fingerprint density at radius 2 is 2.55 bits per heavy atom. The molecule has 1 rings (SSSR count). The summed E-state index contributed by atoms with van der Waals surface area (Å²) in [4.78, 5) is 10.5. The maximum atomic E-state index is 10.5. The van der Waals surface area contributed by atoms with Gasteiger partial charge in [-0.1, -0.05) is 0 Å². The molecule has 0 saturated carbocycles. The molecule has 2 N–H and O–H groups in total. The molecule has 1 heterocycles. The van der Waals surface area contributed by atoms with Gasteiger partial charge in [0.1, 0.15) is 0 Å². The summed E-state index contributed by atoms with van der Waals surface area (Å²) < 4.78 is 4.90. The molecule has 0 aromatic heterocycles. The monoisotopic (exact) mass is 159 g/mol. The van der Waals surface area contributed by atoms with Crippen LogP contribution in [0.5, 0.6) is 0 Å². The van der Waals surface area contributed by atoms with Gasteiger partial charge in [-0.2, -0.15) is 0 Å². The highest BCUT2D eigenvalue weighted by atomic mass is 16.5. The first-order valence-corrected chi connectivity index (χ1v) is 3.69. The van der Waals surface area contributed by atoms with Crippen molar-refractivity contribution in [2.75, 3.05) is 20.3 Å². The summed E-state index contributed by atoms with van der Waals surface area (Å²) in [6.45, 7) is 1.17. The van der Waals surface area contributed by atoms with E-state index in [1.54, 1.807) is 7.11 Å². The molecular weight excluding hydrogens is 146 g/mol. The average molecular weight is 159 g/mol. The minimum absolute atomic E-state index is 0.223. The summed E-state index contributed by atoms with van der Waals surface area (Å²) in [5.41, 5.74) is 0. The molecule has 1 saturated heterocycles. The second-order valence-electron chi connectivity index (χ2n) is 2.83. The van der Waals surface area contributed by atoms with E-state index in [-0.39, 0.29) is 12.0 Å². The van der Waals surface area contributed by atoms with Crippen LogP contribution in [0.15, 0.2) is 0 Å². The number of carboxylic acids is 1. The summed E-state index contributed by atoms with van der Waals surface area (Å²) in [5, 5.41) is 11.7. The lowest BCUT2D eigenvalue weighted by Gasteiger charge is -2.06. The van der Waals surface area contributed by atoms with E-state index in [9.17, 15) is 4.79 Å². The molecule has 0 aliphatic carbocycles. The number of ether oxygens (including phenoxy) is 1. The molecule has 0 aromatic rings. The Labute approximate surface area is 65.5 Å². The Hall–Kier alpha value is -0.610. The minimum atomic E-state index is -0.712. The summed E-state index contributed by atoms with van der Waals surface area (Å²) >= 11 is 0. The van der Waals surface area contributed by atoms with Crippen LogP contribution in [0.3, 0.4) is 0 Å². The molecule has 0 unspecified atom stereocenters. The van der Waals surface area contributed by atoms with E-state index in [2.05, 4.69) is 5.32 Å². The number of nitrogens with one attached hydrogen (secondary N) is 1. The van der Waals surface area contributed by atoms with Gasteiger partial charge in [-0.05, 0) is 6.42 Å². The van der Waals surface area contributed by atoms with Crippen LogP contribution in [0.1, 0.15) is 6.42 Å². The average Bonchev–Trinajstić information content (AvgIpc) is 2.37. The Balaban J connectivity index is 2.29. The molecule has 1 fully saturated rings. The molecule has 4 heteroatoms. The van der Waals surface area contributed by atoms with Gasteiger partial charge in [-0.15, -0.1) is 0 Å². The van der Waals surface area contributed by atoms with Crippen molar-refractivity contribution in [3.05, 3.63) is 0 Å². The van der Waals surface area contributed by atoms with Crippen molar-refractivity contribution in [2.45, 2.75) is 12.5 Å². The first kappa shape index (κ1) is 8.49. The Kier molecular flexibility index (Phi) is 2.84. The van der Waals surface area contributed by atoms with Gasteiger partial charge in [0, 0.05) is 19.7 Å². The van der Waals surface area contributed by atoms with Crippen LogP contribution < -0.4 is 5.32 Å². The lowest BCUT2D eigenvalue weighted by molar-refractivity contribution is -0.141. The molecule has 64 valence electrons. The zero-order valence-electron chi connectivity index (χ0n) is 6.54. The van der Waals surface area contributed by atoms with E-state index in [0.29, 0.717) is 19.6 Å². The molecule has 11 heavy (non-hydrogen) atoms. The predicted octanol–water partition coefficient (Wildman–Crippen LogP) is -0.304. The van der Waals surface area contributed by atoms with Crippen molar-refractivity contribution >= 4 is 5.97 Å². The third kappa shape index (κ3) is 2.17. The van der Waals surface area contributed by atoms with Gasteiger partial charge in [0.05, 0.1) is 12.5 Å². The predicted molar refractivity (Wildman–Crippen MR) is 39.4 cm³/mol. The van der Waals surface area contributed by atoms with Gasteiger partial charge in [-0.25, -0.2) is 0 Å². The van der Waals surface area contributed by atoms with E-state index in [4.69, 9.17) is 9.84 Å². The molecule has 0 radical (unpaired) electrons. The largest absolute Gasteiger partial charge is 0.481 e. The fourth-order valence-corrected chi connectivity index (χ4v) is 1.34. The molecule has 0 spiro atoms. The normalized spacial score (nSPS) is 30.6. The molecule has 1 aliphatic heterocycles. The van der Waals surface area contributed by atoms with Crippen molar-refractivity contribution in [3.63, 3.8) is 0 Å². The highest BCUT2D eigenvalue weighted by molar-refractivity contribution is 5.70. The SMILES string of the molecule is COC[C@@H]1C[C@@H](C(=O)O)CN1. The molecule has 0 bridgehead atoms. The summed E-state index contributed by atoms with van der Waals surface area (Å²) in [5.74, 6) is -0.939. The minimum Gasteiger partial charge on any atom is -0.481 e. The van der Waals surface area contributed by atoms with Crippen LogP contribution in [0.2, 0.25) is 0 Å². The second kappa shape index (κ2) is 3.69. The Bertz CT molecular complexity index is 149. The number of rotatable bonds is 3. The van der Waals surface area contributed by atoms with Crippen molar-refractivity contribution in [3.8, 4) is 0 Å². The van der Waals surface area contributed by atoms with Gasteiger partial charge < -0.3 is 15.2 Å². The maximum absolute atomic E-state index is 10.5. The molecule has 0 aromatic carbocycles. The summed E-state index contributed by atoms with van der Waals surface area (Å²) in [6.07, 6.45) is 0.684. The van der Waals surface area contributed by atoms with E-state index in [1.807, 2.05) is 0 Å². The van der Waals surface area contributed by atoms with Crippen LogP contribution in [0.25, 0.3) is 0 Å². The van der Waals surface area contributed by atoms with Crippen LogP contribution in [0.4, 0.5) is 0 Å². The molecule has 2 atom stereocenters. The quantitative estimate of drug-likeness (QED) is 0.593. The fourth-order valence-electron chi connectivity index (χ4n) is 1.34. The van der Waals surface area contributed by atoms with Gasteiger partial charge in [-0.3, -0.25) is 4.79 Å². The highest BCUT2D eigenvalue weighted by Gasteiger charge is 2.28. The number of methoxy groups -OCH3 is 1. The van der Waals surface area contributed by atoms with E-state index in [1.165, 1.54) is 0 Å². The lowest BCUT2D eigenvalue weighted by Crippen LogP contribution is -2.25. The molecule has 1 aliphatic rings. The number of hydrogen-bond donors (Lipinski definition) is 2. The first-order chi connectivity index (χ1) is 5.24. The zero-order valence-corrected chi connectivity index (χ0v) is 6.54. The second-order valence-corrected chi connectivity index (χ2v) is 2.83. The van der Waals surface area contributed by atoms with Crippen molar-refractivity contribution in [1.82, 2.24) is 5.32 Å². The molecule has 0 amide bonds. The molecule has 4 nitrogen and oxygen atoms in total.